The quantitative estimate of drug-likeness (QED) is 0.570. The van der Waals surface area contributed by atoms with Gasteiger partial charge in [0.15, 0.2) is 6.61 Å². The van der Waals surface area contributed by atoms with Gasteiger partial charge in [0.2, 0.25) is 5.91 Å². The van der Waals surface area contributed by atoms with Crippen LogP contribution in [-0.2, 0) is 19.1 Å². The highest BCUT2D eigenvalue weighted by atomic mass is 19.3. The summed E-state index contributed by atoms with van der Waals surface area (Å²) in [6.45, 7) is -2.62. The van der Waals surface area contributed by atoms with Crippen molar-refractivity contribution in [2.24, 2.45) is 11.7 Å². The van der Waals surface area contributed by atoms with Gasteiger partial charge < -0.3 is 20.1 Å². The van der Waals surface area contributed by atoms with Gasteiger partial charge in [0.25, 0.3) is 5.91 Å². The maximum absolute atomic E-state index is 12.1. The van der Waals surface area contributed by atoms with Gasteiger partial charge >= 0.3 is 12.6 Å². The lowest BCUT2D eigenvalue weighted by Gasteiger charge is -2.30. The lowest BCUT2D eigenvalue weighted by molar-refractivity contribution is -0.149. The van der Waals surface area contributed by atoms with Gasteiger partial charge in [-0.1, -0.05) is 12.1 Å². The number of likely N-dealkylation sites (tertiary alicyclic amines) is 1. The number of carbonyl (C=O) groups is 3. The Morgan fingerprint density at radius 1 is 1.26 bits per heavy atom. The second-order valence-corrected chi connectivity index (χ2v) is 5.97. The van der Waals surface area contributed by atoms with Crippen LogP contribution in [0.2, 0.25) is 0 Å². The molecule has 0 aromatic heterocycles. The molecule has 9 heteroatoms. The second-order valence-electron chi connectivity index (χ2n) is 5.97. The van der Waals surface area contributed by atoms with Crippen LogP contribution in [0, 0.1) is 5.92 Å². The minimum absolute atomic E-state index is 0.00567. The maximum Gasteiger partial charge on any atom is 0.387 e. The van der Waals surface area contributed by atoms with E-state index >= 15 is 0 Å². The van der Waals surface area contributed by atoms with Gasteiger partial charge in [0, 0.05) is 19.2 Å². The number of rotatable bonds is 7. The zero-order valence-electron chi connectivity index (χ0n) is 14.5. The predicted molar refractivity (Wildman–Crippen MR) is 91.6 cm³/mol. The number of halogens is 2. The Labute approximate surface area is 154 Å². The van der Waals surface area contributed by atoms with Crippen LogP contribution in [0.15, 0.2) is 30.3 Å². The molecule has 1 heterocycles. The van der Waals surface area contributed by atoms with E-state index in [-0.39, 0.29) is 18.2 Å². The third kappa shape index (κ3) is 6.69. The molecular formula is C18H20F2N2O5. The monoisotopic (exact) mass is 382 g/mol. The number of ether oxygens (including phenoxy) is 2. The number of nitrogens with zero attached hydrogens (tertiary/aromatic N) is 1. The first kappa shape index (κ1) is 20.3. The van der Waals surface area contributed by atoms with E-state index in [1.165, 1.54) is 35.2 Å². The topological polar surface area (TPSA) is 98.9 Å². The summed E-state index contributed by atoms with van der Waals surface area (Å²) in [5.74, 6) is -1.94. The molecule has 146 valence electrons. The van der Waals surface area contributed by atoms with Gasteiger partial charge in [-0.3, -0.25) is 9.59 Å². The van der Waals surface area contributed by atoms with E-state index in [1.54, 1.807) is 0 Å². The third-order valence-corrected chi connectivity index (χ3v) is 4.03. The molecule has 1 aromatic carbocycles. The average Bonchev–Trinajstić information content (AvgIpc) is 2.65. The molecule has 1 aliphatic heterocycles. The molecule has 2 amide bonds. The molecular weight excluding hydrogens is 362 g/mol. The maximum atomic E-state index is 12.1. The van der Waals surface area contributed by atoms with Gasteiger partial charge in [0.1, 0.15) is 5.75 Å². The summed E-state index contributed by atoms with van der Waals surface area (Å²) in [5, 5.41) is 0. The summed E-state index contributed by atoms with van der Waals surface area (Å²) in [6.07, 6.45) is 3.85. The highest BCUT2D eigenvalue weighted by Gasteiger charge is 2.27. The molecule has 1 saturated heterocycles. The number of amides is 2. The van der Waals surface area contributed by atoms with Crippen LogP contribution in [0.25, 0.3) is 6.08 Å². The molecule has 1 atom stereocenters. The van der Waals surface area contributed by atoms with Gasteiger partial charge in [0.05, 0.1) is 5.92 Å². The molecule has 0 saturated carbocycles. The number of esters is 1. The molecule has 2 N–H and O–H groups in total. The molecule has 27 heavy (non-hydrogen) atoms. The number of alkyl halides is 2. The number of hydrogen-bond acceptors (Lipinski definition) is 5. The number of carbonyl (C=O) groups excluding carboxylic acids is 3. The lowest BCUT2D eigenvalue weighted by atomic mass is 9.97. The molecule has 2 rings (SSSR count). The van der Waals surface area contributed by atoms with Crippen LogP contribution in [-0.4, -0.2) is 49.0 Å². The first-order valence-corrected chi connectivity index (χ1v) is 8.32. The standard InChI is InChI=1S/C18H20F2N2O5/c19-18(20)27-14-6-3-12(4-7-14)5-8-16(24)26-11-15(23)22-9-1-2-13(10-22)17(21)25/h3-8,13,18H,1-2,9-11H2,(H2,21,25)/b8-5+/t13-/m1/s1. The SMILES string of the molecule is NC(=O)[C@@H]1CCCN(C(=O)COC(=O)/C=C/c2ccc(OC(F)F)cc2)C1. The molecule has 0 spiro atoms. The molecule has 1 fully saturated rings. The summed E-state index contributed by atoms with van der Waals surface area (Å²) >= 11 is 0. The summed E-state index contributed by atoms with van der Waals surface area (Å²) in [5.41, 5.74) is 5.83. The van der Waals surface area contributed by atoms with Gasteiger partial charge in [-0.15, -0.1) is 0 Å². The predicted octanol–water partition coefficient (Wildman–Crippen LogP) is 1.57. The largest absolute Gasteiger partial charge is 0.452 e. The van der Waals surface area contributed by atoms with Crippen molar-refractivity contribution in [3.8, 4) is 5.75 Å². The van der Waals surface area contributed by atoms with Crippen LogP contribution in [0.1, 0.15) is 18.4 Å². The fourth-order valence-electron chi connectivity index (χ4n) is 2.63. The molecule has 1 aromatic rings. The Kier molecular flexibility index (Phi) is 7.27. The van der Waals surface area contributed by atoms with Crippen molar-refractivity contribution in [2.45, 2.75) is 19.5 Å². The van der Waals surface area contributed by atoms with E-state index in [4.69, 9.17) is 10.5 Å². The van der Waals surface area contributed by atoms with Crippen LogP contribution < -0.4 is 10.5 Å². The summed E-state index contributed by atoms with van der Waals surface area (Å²) in [4.78, 5) is 36.5. The van der Waals surface area contributed by atoms with Gasteiger partial charge in [-0.05, 0) is 36.6 Å². The minimum Gasteiger partial charge on any atom is -0.452 e. The zero-order valence-corrected chi connectivity index (χ0v) is 14.5. The normalized spacial score (nSPS) is 17.1. The van der Waals surface area contributed by atoms with E-state index < -0.39 is 31.0 Å². The molecule has 0 bridgehead atoms. The Hall–Kier alpha value is -2.97. The minimum atomic E-state index is -2.91. The van der Waals surface area contributed by atoms with Crippen molar-refractivity contribution in [3.63, 3.8) is 0 Å². The Balaban J connectivity index is 1.79. The Morgan fingerprint density at radius 3 is 2.59 bits per heavy atom. The number of benzene rings is 1. The Bertz CT molecular complexity index is 706. The van der Waals surface area contributed by atoms with E-state index in [1.807, 2.05) is 0 Å². The van der Waals surface area contributed by atoms with Crippen LogP contribution >= 0.6 is 0 Å². The fourth-order valence-corrected chi connectivity index (χ4v) is 2.63. The smallest absolute Gasteiger partial charge is 0.387 e. The Morgan fingerprint density at radius 2 is 1.96 bits per heavy atom. The molecule has 0 aliphatic carbocycles. The van der Waals surface area contributed by atoms with Crippen molar-refractivity contribution in [2.75, 3.05) is 19.7 Å². The number of hydrogen-bond donors (Lipinski definition) is 1. The van der Waals surface area contributed by atoms with Crippen molar-refractivity contribution in [3.05, 3.63) is 35.9 Å². The first-order valence-electron chi connectivity index (χ1n) is 8.32. The number of primary amides is 1. The second kappa shape index (κ2) is 9.65. The molecule has 1 aliphatic rings. The summed E-state index contributed by atoms with van der Waals surface area (Å²) < 4.78 is 33.3. The average molecular weight is 382 g/mol. The van der Waals surface area contributed by atoms with Crippen LogP contribution in [0.4, 0.5) is 8.78 Å². The van der Waals surface area contributed by atoms with Crippen molar-refractivity contribution in [1.82, 2.24) is 4.90 Å². The molecule has 7 nitrogen and oxygen atoms in total. The van der Waals surface area contributed by atoms with Gasteiger partial charge in [-0.25, -0.2) is 4.79 Å². The van der Waals surface area contributed by atoms with Gasteiger partial charge in [-0.2, -0.15) is 8.78 Å². The highest BCUT2D eigenvalue weighted by molar-refractivity contribution is 5.89. The molecule has 0 radical (unpaired) electrons. The zero-order chi connectivity index (χ0) is 19.8. The van der Waals surface area contributed by atoms with E-state index in [9.17, 15) is 23.2 Å². The van der Waals surface area contributed by atoms with Crippen LogP contribution in [0.3, 0.4) is 0 Å². The van der Waals surface area contributed by atoms with Crippen LogP contribution in [0.5, 0.6) is 5.75 Å². The fraction of sp³-hybridized carbons (Fsp3) is 0.389. The van der Waals surface area contributed by atoms with Crippen molar-refractivity contribution >= 4 is 23.9 Å². The lowest BCUT2D eigenvalue weighted by Crippen LogP contribution is -2.45. The summed E-state index contributed by atoms with van der Waals surface area (Å²) in [6, 6.07) is 5.66. The summed E-state index contributed by atoms with van der Waals surface area (Å²) in [7, 11) is 0. The first-order chi connectivity index (χ1) is 12.8. The molecule has 0 unspecified atom stereocenters. The highest BCUT2D eigenvalue weighted by Crippen LogP contribution is 2.17. The third-order valence-electron chi connectivity index (χ3n) is 4.03. The van der Waals surface area contributed by atoms with Crippen molar-refractivity contribution in [1.29, 1.82) is 0 Å². The number of piperidine rings is 1. The van der Waals surface area contributed by atoms with E-state index in [2.05, 4.69) is 4.74 Å². The number of nitrogens with two attached hydrogens (primary N) is 1. The van der Waals surface area contributed by atoms with E-state index in [0.29, 0.717) is 24.9 Å². The van der Waals surface area contributed by atoms with E-state index in [0.717, 1.165) is 6.08 Å². The van der Waals surface area contributed by atoms with Crippen molar-refractivity contribution < 1.29 is 32.6 Å².